The molecule has 0 heterocycles. The van der Waals surface area contributed by atoms with E-state index in [0.717, 1.165) is 18.6 Å². The normalized spacial score (nSPS) is 29.8. The molecular weight excluding hydrogens is 312 g/mol. The van der Waals surface area contributed by atoms with Gasteiger partial charge in [0.05, 0.1) is 13.0 Å². The molecule has 2 bridgehead atoms. The summed E-state index contributed by atoms with van der Waals surface area (Å²) in [6.07, 6.45) is 6.12. The van der Waals surface area contributed by atoms with Gasteiger partial charge in [-0.15, -0.1) is 0 Å². The van der Waals surface area contributed by atoms with Gasteiger partial charge >= 0.3 is 0 Å². The number of amides is 1. The van der Waals surface area contributed by atoms with Crippen LogP contribution in [-0.4, -0.2) is 24.6 Å². The Morgan fingerprint density at radius 1 is 1.22 bits per heavy atom. The second-order valence-corrected chi connectivity index (χ2v) is 7.26. The number of rotatable bonds is 5. The van der Waals surface area contributed by atoms with E-state index in [9.17, 15) is 4.79 Å². The molecule has 1 aromatic rings. The van der Waals surface area contributed by atoms with Gasteiger partial charge in [0, 0.05) is 17.1 Å². The lowest BCUT2D eigenvalue weighted by atomic mass is 9.67. The number of fused-ring (bicyclic) bond motifs is 2. The lowest BCUT2D eigenvalue weighted by Crippen LogP contribution is -2.53. The summed E-state index contributed by atoms with van der Waals surface area (Å²) < 4.78 is 5.59. The van der Waals surface area contributed by atoms with Gasteiger partial charge in [0.1, 0.15) is 5.75 Å². The summed E-state index contributed by atoms with van der Waals surface area (Å²) in [5.41, 5.74) is 6.13. The van der Waals surface area contributed by atoms with Crippen LogP contribution in [0.3, 0.4) is 0 Å². The van der Waals surface area contributed by atoms with Gasteiger partial charge in [-0.25, -0.2) is 0 Å². The van der Waals surface area contributed by atoms with Gasteiger partial charge in [-0.1, -0.05) is 18.0 Å². The Bertz CT molecular complexity index is 520. The SMILES string of the molecule is NC1CC2CCCC(C1)C2NC(=O)CCOc1ccc(Cl)cc1. The van der Waals surface area contributed by atoms with Crippen LogP contribution in [0.4, 0.5) is 0 Å². The van der Waals surface area contributed by atoms with E-state index >= 15 is 0 Å². The highest BCUT2D eigenvalue weighted by atomic mass is 35.5. The van der Waals surface area contributed by atoms with Gasteiger partial charge in [-0.2, -0.15) is 0 Å². The molecule has 1 amide bonds. The van der Waals surface area contributed by atoms with E-state index in [1.807, 2.05) is 12.1 Å². The van der Waals surface area contributed by atoms with Crippen LogP contribution in [0.5, 0.6) is 5.75 Å². The molecule has 2 aliphatic carbocycles. The third-order valence-electron chi connectivity index (χ3n) is 5.12. The highest BCUT2D eigenvalue weighted by Crippen LogP contribution is 2.39. The number of halogens is 1. The number of carbonyl (C=O) groups is 1. The average Bonchev–Trinajstić information content (AvgIpc) is 2.50. The van der Waals surface area contributed by atoms with Crippen LogP contribution < -0.4 is 15.8 Å². The van der Waals surface area contributed by atoms with Gasteiger partial charge in [0.15, 0.2) is 0 Å². The van der Waals surface area contributed by atoms with Crippen LogP contribution in [0.1, 0.15) is 38.5 Å². The molecule has 3 N–H and O–H groups in total. The Balaban J connectivity index is 1.45. The summed E-state index contributed by atoms with van der Waals surface area (Å²) in [5, 5.41) is 3.92. The molecule has 0 saturated heterocycles. The summed E-state index contributed by atoms with van der Waals surface area (Å²) in [6, 6.07) is 7.81. The third kappa shape index (κ3) is 4.39. The second-order valence-electron chi connectivity index (χ2n) is 6.83. The topological polar surface area (TPSA) is 64.3 Å². The number of nitrogens with one attached hydrogen (secondary N) is 1. The third-order valence-corrected chi connectivity index (χ3v) is 5.37. The number of hydrogen-bond acceptors (Lipinski definition) is 3. The molecule has 126 valence electrons. The van der Waals surface area contributed by atoms with Crippen molar-refractivity contribution in [1.29, 1.82) is 0 Å². The molecule has 2 unspecified atom stereocenters. The molecule has 1 aromatic carbocycles. The van der Waals surface area contributed by atoms with Crippen molar-refractivity contribution >= 4 is 17.5 Å². The number of hydrogen-bond donors (Lipinski definition) is 2. The van der Waals surface area contributed by atoms with Crippen molar-refractivity contribution in [2.24, 2.45) is 17.6 Å². The molecular formula is C18H25ClN2O2. The van der Waals surface area contributed by atoms with Gasteiger partial charge in [0.2, 0.25) is 5.91 Å². The van der Waals surface area contributed by atoms with Crippen LogP contribution in [0.2, 0.25) is 5.02 Å². The van der Waals surface area contributed by atoms with E-state index in [-0.39, 0.29) is 5.91 Å². The Morgan fingerprint density at radius 2 is 1.87 bits per heavy atom. The molecule has 0 aromatic heterocycles. The zero-order valence-corrected chi connectivity index (χ0v) is 14.1. The molecule has 2 fully saturated rings. The maximum absolute atomic E-state index is 12.2. The van der Waals surface area contributed by atoms with Crippen molar-refractivity contribution in [2.75, 3.05) is 6.61 Å². The molecule has 2 aliphatic rings. The summed E-state index contributed by atoms with van der Waals surface area (Å²) >= 11 is 5.83. The van der Waals surface area contributed by atoms with Crippen LogP contribution in [0, 0.1) is 11.8 Å². The van der Waals surface area contributed by atoms with E-state index in [1.165, 1.54) is 19.3 Å². The molecule has 23 heavy (non-hydrogen) atoms. The van der Waals surface area contributed by atoms with E-state index in [2.05, 4.69) is 5.32 Å². The highest BCUT2D eigenvalue weighted by Gasteiger charge is 2.39. The Hall–Kier alpha value is -1.26. The van der Waals surface area contributed by atoms with Crippen molar-refractivity contribution < 1.29 is 9.53 Å². The molecule has 2 saturated carbocycles. The van der Waals surface area contributed by atoms with Crippen molar-refractivity contribution in [1.82, 2.24) is 5.32 Å². The highest BCUT2D eigenvalue weighted by molar-refractivity contribution is 6.30. The lowest BCUT2D eigenvalue weighted by Gasteiger charge is -2.45. The maximum atomic E-state index is 12.2. The first-order valence-corrected chi connectivity index (χ1v) is 8.93. The minimum Gasteiger partial charge on any atom is -0.493 e. The van der Waals surface area contributed by atoms with Crippen molar-refractivity contribution in [2.45, 2.75) is 50.6 Å². The Kier molecular flexibility index (Phi) is 5.44. The predicted octanol–water partition coefficient (Wildman–Crippen LogP) is 3.13. The van der Waals surface area contributed by atoms with Crippen molar-refractivity contribution in [3.8, 4) is 5.75 Å². The van der Waals surface area contributed by atoms with Crippen LogP contribution in [-0.2, 0) is 4.79 Å². The standard InChI is InChI=1S/C18H25ClN2O2/c19-14-4-6-16(7-5-14)23-9-8-17(22)21-18-12-2-1-3-13(18)11-15(20)10-12/h4-7,12-13,15,18H,1-3,8-11,20H2,(H,21,22). The molecule has 0 radical (unpaired) electrons. The Morgan fingerprint density at radius 3 is 2.52 bits per heavy atom. The summed E-state index contributed by atoms with van der Waals surface area (Å²) in [5.74, 6) is 1.93. The number of nitrogens with two attached hydrogens (primary N) is 1. The molecule has 2 atom stereocenters. The first kappa shape index (κ1) is 16.6. The first-order chi connectivity index (χ1) is 11.1. The molecule has 3 rings (SSSR count). The molecule has 4 nitrogen and oxygen atoms in total. The average molecular weight is 337 g/mol. The summed E-state index contributed by atoms with van der Waals surface area (Å²) in [6.45, 7) is 0.384. The van der Waals surface area contributed by atoms with Crippen molar-refractivity contribution in [3.63, 3.8) is 0 Å². The van der Waals surface area contributed by atoms with Crippen molar-refractivity contribution in [3.05, 3.63) is 29.3 Å². The minimum absolute atomic E-state index is 0.0799. The fraction of sp³-hybridized carbons (Fsp3) is 0.611. The smallest absolute Gasteiger partial charge is 0.223 e. The maximum Gasteiger partial charge on any atom is 0.223 e. The minimum atomic E-state index is 0.0799. The second kappa shape index (κ2) is 7.54. The molecule has 5 heteroatoms. The monoisotopic (exact) mass is 336 g/mol. The molecule has 0 spiro atoms. The van der Waals surface area contributed by atoms with Gasteiger partial charge in [0.25, 0.3) is 0 Å². The quantitative estimate of drug-likeness (QED) is 0.868. The van der Waals surface area contributed by atoms with E-state index in [0.29, 0.717) is 42.0 Å². The van der Waals surface area contributed by atoms with E-state index in [4.69, 9.17) is 22.1 Å². The van der Waals surface area contributed by atoms with Gasteiger partial charge in [-0.05, 0) is 61.8 Å². The predicted molar refractivity (Wildman–Crippen MR) is 91.5 cm³/mol. The van der Waals surface area contributed by atoms with E-state index in [1.54, 1.807) is 12.1 Å². The first-order valence-electron chi connectivity index (χ1n) is 8.55. The fourth-order valence-electron chi connectivity index (χ4n) is 4.08. The largest absolute Gasteiger partial charge is 0.493 e. The van der Waals surface area contributed by atoms with E-state index < -0.39 is 0 Å². The van der Waals surface area contributed by atoms with Gasteiger partial charge < -0.3 is 15.8 Å². The van der Waals surface area contributed by atoms with Crippen LogP contribution >= 0.6 is 11.6 Å². The number of carbonyl (C=O) groups excluding carboxylic acids is 1. The summed E-state index contributed by atoms with van der Waals surface area (Å²) in [7, 11) is 0. The Labute approximate surface area is 142 Å². The van der Waals surface area contributed by atoms with Gasteiger partial charge in [-0.3, -0.25) is 4.79 Å². The van der Waals surface area contributed by atoms with Crippen LogP contribution in [0.25, 0.3) is 0 Å². The lowest BCUT2D eigenvalue weighted by molar-refractivity contribution is -0.123. The fourth-order valence-corrected chi connectivity index (χ4v) is 4.20. The molecule has 0 aliphatic heterocycles. The zero-order chi connectivity index (χ0) is 16.2. The zero-order valence-electron chi connectivity index (χ0n) is 13.3. The number of benzene rings is 1. The summed E-state index contributed by atoms with van der Waals surface area (Å²) in [4.78, 5) is 12.2. The van der Waals surface area contributed by atoms with Crippen LogP contribution in [0.15, 0.2) is 24.3 Å². The number of ether oxygens (including phenoxy) is 1.